The van der Waals surface area contributed by atoms with Crippen LogP contribution in [0.3, 0.4) is 0 Å². The van der Waals surface area contributed by atoms with Gasteiger partial charge in [-0.1, -0.05) is 12.1 Å². The summed E-state index contributed by atoms with van der Waals surface area (Å²) in [6.45, 7) is 0. The molecule has 8 nitrogen and oxygen atoms in total. The van der Waals surface area contributed by atoms with Crippen LogP contribution in [0.4, 0.5) is 0 Å². The highest BCUT2D eigenvalue weighted by Crippen LogP contribution is 2.11. The van der Waals surface area contributed by atoms with Crippen molar-refractivity contribution >= 4 is 17.8 Å². The Morgan fingerprint density at radius 2 is 1.71 bits per heavy atom. The van der Waals surface area contributed by atoms with Crippen LogP contribution in [0.1, 0.15) is 12.0 Å². The van der Waals surface area contributed by atoms with Crippen molar-refractivity contribution in [3.8, 4) is 5.75 Å². The van der Waals surface area contributed by atoms with E-state index in [1.165, 1.54) is 12.1 Å². The molecule has 21 heavy (non-hydrogen) atoms. The second-order valence-electron chi connectivity index (χ2n) is 4.47. The van der Waals surface area contributed by atoms with Crippen molar-refractivity contribution in [2.45, 2.75) is 24.9 Å². The molecule has 0 aliphatic heterocycles. The summed E-state index contributed by atoms with van der Waals surface area (Å²) in [5.41, 5.74) is 6.33. The van der Waals surface area contributed by atoms with Gasteiger partial charge < -0.3 is 26.4 Å². The Labute approximate surface area is 120 Å². The minimum absolute atomic E-state index is 0.0733. The van der Waals surface area contributed by atoms with Gasteiger partial charge in [0.25, 0.3) is 0 Å². The normalized spacial score (nSPS) is 13.2. The Bertz CT molecular complexity index is 528. The van der Waals surface area contributed by atoms with E-state index in [2.05, 4.69) is 5.32 Å². The number of carbonyl (C=O) groups excluding carboxylic acids is 1. The molecule has 1 unspecified atom stereocenters. The number of hydrogen-bond donors (Lipinski definition) is 5. The van der Waals surface area contributed by atoms with E-state index in [-0.39, 0.29) is 12.2 Å². The average Bonchev–Trinajstić information content (AvgIpc) is 2.39. The third kappa shape index (κ3) is 5.49. The molecule has 0 saturated carbocycles. The first-order valence-corrected chi connectivity index (χ1v) is 6.08. The largest absolute Gasteiger partial charge is 0.508 e. The van der Waals surface area contributed by atoms with E-state index in [1.807, 2.05) is 0 Å². The van der Waals surface area contributed by atoms with E-state index < -0.39 is 36.4 Å². The van der Waals surface area contributed by atoms with E-state index in [1.54, 1.807) is 12.1 Å². The van der Waals surface area contributed by atoms with Crippen LogP contribution in [0.25, 0.3) is 0 Å². The fourth-order valence-electron chi connectivity index (χ4n) is 1.63. The van der Waals surface area contributed by atoms with Crippen molar-refractivity contribution in [3.63, 3.8) is 0 Å². The molecule has 114 valence electrons. The van der Waals surface area contributed by atoms with Gasteiger partial charge in [0.05, 0.1) is 12.5 Å². The van der Waals surface area contributed by atoms with Crippen molar-refractivity contribution in [1.82, 2.24) is 5.32 Å². The fourth-order valence-corrected chi connectivity index (χ4v) is 1.63. The van der Waals surface area contributed by atoms with Gasteiger partial charge in [-0.25, -0.2) is 4.79 Å². The summed E-state index contributed by atoms with van der Waals surface area (Å²) in [6.07, 6.45) is -0.599. The van der Waals surface area contributed by atoms with E-state index in [0.29, 0.717) is 5.56 Å². The smallest absolute Gasteiger partial charge is 0.326 e. The summed E-state index contributed by atoms with van der Waals surface area (Å²) in [7, 11) is 0. The second-order valence-corrected chi connectivity index (χ2v) is 4.47. The molecule has 0 bridgehead atoms. The molecule has 0 fully saturated rings. The van der Waals surface area contributed by atoms with Crippen LogP contribution in [-0.2, 0) is 20.8 Å². The molecular weight excluding hydrogens is 280 g/mol. The van der Waals surface area contributed by atoms with Crippen LogP contribution in [0.15, 0.2) is 24.3 Å². The third-order valence-corrected chi connectivity index (χ3v) is 2.72. The Kier molecular flexibility index (Phi) is 5.67. The SMILES string of the molecule is N[C@H](Cc1ccc(O)cc1)C(=O)NC(CC(=O)O)C(=O)O. The third-order valence-electron chi connectivity index (χ3n) is 2.72. The molecule has 1 aromatic rings. The number of phenols is 1. The molecule has 2 atom stereocenters. The van der Waals surface area contributed by atoms with Crippen molar-refractivity contribution in [2.75, 3.05) is 0 Å². The number of carboxylic acid groups (broad SMARTS) is 2. The quantitative estimate of drug-likeness (QED) is 0.446. The molecular formula is C13H16N2O6. The van der Waals surface area contributed by atoms with Crippen molar-refractivity contribution in [3.05, 3.63) is 29.8 Å². The monoisotopic (exact) mass is 296 g/mol. The highest BCUT2D eigenvalue weighted by molar-refractivity contribution is 5.89. The number of amides is 1. The number of aliphatic carboxylic acids is 2. The summed E-state index contributed by atoms with van der Waals surface area (Å²) in [5, 5.41) is 28.6. The van der Waals surface area contributed by atoms with Gasteiger partial charge in [0, 0.05) is 0 Å². The minimum atomic E-state index is -1.53. The van der Waals surface area contributed by atoms with Gasteiger partial charge in [0.2, 0.25) is 5.91 Å². The molecule has 6 N–H and O–H groups in total. The van der Waals surface area contributed by atoms with Gasteiger partial charge in [-0.2, -0.15) is 0 Å². The fraction of sp³-hybridized carbons (Fsp3) is 0.308. The molecule has 1 aromatic carbocycles. The molecule has 0 aliphatic rings. The Balaban J connectivity index is 2.62. The summed E-state index contributed by atoms with van der Waals surface area (Å²) in [6, 6.07) is 3.48. The van der Waals surface area contributed by atoms with Crippen LogP contribution >= 0.6 is 0 Å². The predicted octanol–water partition coefficient (Wildman–Crippen LogP) is -0.694. The number of nitrogens with one attached hydrogen (secondary N) is 1. The molecule has 0 saturated heterocycles. The van der Waals surface area contributed by atoms with Crippen molar-refractivity contribution < 1.29 is 29.7 Å². The van der Waals surface area contributed by atoms with Crippen LogP contribution in [0.5, 0.6) is 5.75 Å². The zero-order valence-electron chi connectivity index (χ0n) is 11.0. The minimum Gasteiger partial charge on any atom is -0.508 e. The predicted molar refractivity (Wildman–Crippen MR) is 71.6 cm³/mol. The number of benzene rings is 1. The maximum Gasteiger partial charge on any atom is 0.326 e. The second kappa shape index (κ2) is 7.25. The number of nitrogens with two attached hydrogens (primary N) is 1. The lowest BCUT2D eigenvalue weighted by Gasteiger charge is -2.16. The molecule has 0 aromatic heterocycles. The molecule has 1 rings (SSSR count). The molecule has 8 heteroatoms. The Morgan fingerprint density at radius 1 is 1.14 bits per heavy atom. The van der Waals surface area contributed by atoms with Gasteiger partial charge in [-0.3, -0.25) is 9.59 Å². The lowest BCUT2D eigenvalue weighted by Crippen LogP contribution is -2.49. The summed E-state index contributed by atoms with van der Waals surface area (Å²) >= 11 is 0. The maximum absolute atomic E-state index is 11.8. The van der Waals surface area contributed by atoms with Crippen LogP contribution in [0.2, 0.25) is 0 Å². The number of carboxylic acids is 2. The Morgan fingerprint density at radius 3 is 2.19 bits per heavy atom. The summed E-state index contributed by atoms with van der Waals surface area (Å²) in [5.74, 6) is -3.46. The van der Waals surface area contributed by atoms with Gasteiger partial charge >= 0.3 is 11.9 Å². The summed E-state index contributed by atoms with van der Waals surface area (Å²) in [4.78, 5) is 33.1. The number of phenolic OH excluding ortho intramolecular Hbond substituents is 1. The van der Waals surface area contributed by atoms with Crippen LogP contribution in [0, 0.1) is 0 Å². The van der Waals surface area contributed by atoms with E-state index >= 15 is 0 Å². The van der Waals surface area contributed by atoms with Crippen molar-refractivity contribution in [2.24, 2.45) is 5.73 Å². The summed E-state index contributed by atoms with van der Waals surface area (Å²) < 4.78 is 0. The molecule has 0 heterocycles. The van der Waals surface area contributed by atoms with E-state index in [0.717, 1.165) is 0 Å². The topological polar surface area (TPSA) is 150 Å². The highest BCUT2D eigenvalue weighted by Gasteiger charge is 2.25. The zero-order chi connectivity index (χ0) is 16.0. The molecule has 1 amide bonds. The maximum atomic E-state index is 11.8. The lowest BCUT2D eigenvalue weighted by molar-refractivity contribution is -0.147. The zero-order valence-corrected chi connectivity index (χ0v) is 11.0. The van der Waals surface area contributed by atoms with Gasteiger partial charge in [-0.05, 0) is 24.1 Å². The molecule has 0 aliphatic carbocycles. The van der Waals surface area contributed by atoms with Gasteiger partial charge in [0.1, 0.15) is 11.8 Å². The van der Waals surface area contributed by atoms with Crippen LogP contribution < -0.4 is 11.1 Å². The highest BCUT2D eigenvalue weighted by atomic mass is 16.4. The first-order valence-electron chi connectivity index (χ1n) is 6.08. The van der Waals surface area contributed by atoms with E-state index in [9.17, 15) is 14.4 Å². The Hall–Kier alpha value is -2.61. The first kappa shape index (κ1) is 16.4. The molecule has 0 radical (unpaired) electrons. The van der Waals surface area contributed by atoms with Crippen molar-refractivity contribution in [1.29, 1.82) is 0 Å². The number of hydrogen-bond acceptors (Lipinski definition) is 5. The average molecular weight is 296 g/mol. The molecule has 0 spiro atoms. The standard InChI is InChI=1S/C13H16N2O6/c14-9(5-7-1-3-8(16)4-2-7)12(19)15-10(13(20)21)6-11(17)18/h1-4,9-10,16H,5-6,14H2,(H,15,19)(H,17,18)(H,20,21)/t9-,10?/m1/s1. The number of rotatable bonds is 7. The first-order chi connectivity index (χ1) is 9.79. The lowest BCUT2D eigenvalue weighted by atomic mass is 10.1. The number of aromatic hydroxyl groups is 1. The van der Waals surface area contributed by atoms with Crippen LogP contribution in [-0.4, -0.2) is 45.2 Å². The van der Waals surface area contributed by atoms with Gasteiger partial charge in [0.15, 0.2) is 0 Å². The number of carbonyl (C=O) groups is 3. The van der Waals surface area contributed by atoms with Gasteiger partial charge in [-0.15, -0.1) is 0 Å². The van der Waals surface area contributed by atoms with E-state index in [4.69, 9.17) is 21.1 Å².